The Morgan fingerprint density at radius 3 is 2.52 bits per heavy atom. The third-order valence-electron chi connectivity index (χ3n) is 3.62. The van der Waals surface area contributed by atoms with Gasteiger partial charge in [-0.25, -0.2) is 4.68 Å². The Morgan fingerprint density at radius 2 is 1.92 bits per heavy atom. The molecule has 0 saturated heterocycles. The van der Waals surface area contributed by atoms with Gasteiger partial charge in [0.15, 0.2) is 11.5 Å². The van der Waals surface area contributed by atoms with E-state index in [0.29, 0.717) is 22.3 Å². The van der Waals surface area contributed by atoms with Crippen LogP contribution in [0.1, 0.15) is 11.1 Å². The summed E-state index contributed by atoms with van der Waals surface area (Å²) < 4.78 is 7.50. The van der Waals surface area contributed by atoms with Gasteiger partial charge in [-0.1, -0.05) is 0 Å². The molecule has 0 amide bonds. The minimum atomic E-state index is 0.0560. The monoisotopic (exact) mass is 399 g/mol. The van der Waals surface area contributed by atoms with Crippen LogP contribution in [0, 0.1) is 11.3 Å². The molecule has 0 fully saturated rings. The zero-order chi connectivity index (χ0) is 17.8. The Labute approximate surface area is 152 Å². The van der Waals surface area contributed by atoms with Gasteiger partial charge < -0.3 is 9.84 Å². The fourth-order valence-electron chi connectivity index (χ4n) is 2.38. The highest BCUT2D eigenvalue weighted by Crippen LogP contribution is 2.35. The van der Waals surface area contributed by atoms with Crippen LogP contribution in [0.2, 0.25) is 0 Å². The van der Waals surface area contributed by atoms with E-state index in [2.05, 4.69) is 32.2 Å². The minimum Gasteiger partial charge on any atom is -0.503 e. The SMILES string of the molecule is COc1cc(CN(c2ccc(C#N)cc2)n2cnnc2)cc(Br)c1O. The molecule has 1 N–H and O–H groups in total. The van der Waals surface area contributed by atoms with Crippen molar-refractivity contribution in [1.29, 1.82) is 5.26 Å². The highest BCUT2D eigenvalue weighted by Gasteiger charge is 2.14. The molecule has 7 nitrogen and oxygen atoms in total. The maximum absolute atomic E-state index is 9.97. The van der Waals surface area contributed by atoms with Gasteiger partial charge in [0.05, 0.1) is 35.4 Å². The number of phenolic OH excluding ortho intramolecular Hbond substituents is 1. The van der Waals surface area contributed by atoms with E-state index in [4.69, 9.17) is 10.00 Å². The molecule has 1 aromatic heterocycles. The van der Waals surface area contributed by atoms with Gasteiger partial charge in [0.2, 0.25) is 0 Å². The number of nitrogens with zero attached hydrogens (tertiary/aromatic N) is 5. The van der Waals surface area contributed by atoms with Crippen molar-refractivity contribution in [3.8, 4) is 17.6 Å². The van der Waals surface area contributed by atoms with Crippen LogP contribution in [0.25, 0.3) is 0 Å². The van der Waals surface area contributed by atoms with Crippen LogP contribution >= 0.6 is 15.9 Å². The van der Waals surface area contributed by atoms with Crippen LogP contribution in [0.5, 0.6) is 11.5 Å². The Balaban J connectivity index is 1.99. The summed E-state index contributed by atoms with van der Waals surface area (Å²) in [6, 6.07) is 12.9. The molecule has 0 bridgehead atoms. The number of nitriles is 1. The van der Waals surface area contributed by atoms with Crippen LogP contribution < -0.4 is 9.75 Å². The number of ether oxygens (including phenoxy) is 1. The maximum Gasteiger partial charge on any atom is 0.172 e. The summed E-state index contributed by atoms with van der Waals surface area (Å²) in [5.41, 5.74) is 2.35. The normalized spacial score (nSPS) is 10.3. The first kappa shape index (κ1) is 16.8. The lowest BCUT2D eigenvalue weighted by Gasteiger charge is -2.25. The molecule has 25 heavy (non-hydrogen) atoms. The molecule has 0 unspecified atom stereocenters. The predicted molar refractivity (Wildman–Crippen MR) is 95.1 cm³/mol. The molecule has 3 rings (SSSR count). The molecule has 0 spiro atoms. The molecule has 0 aliphatic heterocycles. The van der Waals surface area contributed by atoms with E-state index in [0.717, 1.165) is 11.3 Å². The average molecular weight is 400 g/mol. The van der Waals surface area contributed by atoms with Crippen molar-refractivity contribution < 1.29 is 9.84 Å². The highest BCUT2D eigenvalue weighted by molar-refractivity contribution is 9.10. The average Bonchev–Trinajstić information content (AvgIpc) is 3.17. The van der Waals surface area contributed by atoms with Crippen molar-refractivity contribution in [2.24, 2.45) is 0 Å². The molecule has 0 aliphatic carbocycles. The van der Waals surface area contributed by atoms with E-state index in [1.165, 1.54) is 7.11 Å². The van der Waals surface area contributed by atoms with Crippen LogP contribution in [0.15, 0.2) is 53.5 Å². The quantitative estimate of drug-likeness (QED) is 0.708. The second-order valence-electron chi connectivity index (χ2n) is 5.19. The fraction of sp³-hybridized carbons (Fsp3) is 0.118. The smallest absolute Gasteiger partial charge is 0.172 e. The zero-order valence-electron chi connectivity index (χ0n) is 13.3. The Hall–Kier alpha value is -3.05. The summed E-state index contributed by atoms with van der Waals surface area (Å²) in [7, 11) is 1.50. The van der Waals surface area contributed by atoms with Gasteiger partial charge in [-0.15, -0.1) is 10.2 Å². The van der Waals surface area contributed by atoms with Gasteiger partial charge in [-0.05, 0) is 57.9 Å². The number of aromatic hydroxyl groups is 1. The summed E-state index contributed by atoms with van der Waals surface area (Å²) >= 11 is 3.34. The number of halogens is 1. The first-order chi connectivity index (χ1) is 12.1. The van der Waals surface area contributed by atoms with Gasteiger partial charge in [-0.2, -0.15) is 5.26 Å². The third kappa shape index (κ3) is 3.56. The van der Waals surface area contributed by atoms with Gasteiger partial charge in [0.1, 0.15) is 12.7 Å². The second kappa shape index (κ2) is 7.23. The first-order valence-electron chi connectivity index (χ1n) is 7.30. The largest absolute Gasteiger partial charge is 0.503 e. The van der Waals surface area contributed by atoms with Crippen molar-refractivity contribution in [2.75, 3.05) is 12.1 Å². The Bertz CT molecular complexity index is 904. The maximum atomic E-state index is 9.97. The molecule has 126 valence electrons. The number of hydrogen-bond donors (Lipinski definition) is 1. The van der Waals surface area contributed by atoms with Gasteiger partial charge in [0.25, 0.3) is 0 Å². The van der Waals surface area contributed by atoms with Crippen molar-refractivity contribution in [3.05, 3.63) is 64.7 Å². The lowest BCUT2D eigenvalue weighted by Crippen LogP contribution is -2.27. The van der Waals surface area contributed by atoms with Crippen molar-refractivity contribution in [2.45, 2.75) is 6.54 Å². The van der Waals surface area contributed by atoms with Crippen molar-refractivity contribution in [3.63, 3.8) is 0 Å². The number of methoxy groups -OCH3 is 1. The molecule has 0 atom stereocenters. The molecule has 8 heteroatoms. The van der Waals surface area contributed by atoms with Crippen molar-refractivity contribution in [1.82, 2.24) is 14.9 Å². The van der Waals surface area contributed by atoms with Gasteiger partial charge in [-0.3, -0.25) is 5.01 Å². The van der Waals surface area contributed by atoms with E-state index in [1.807, 2.05) is 23.2 Å². The minimum absolute atomic E-state index is 0.0560. The van der Waals surface area contributed by atoms with E-state index < -0.39 is 0 Å². The lowest BCUT2D eigenvalue weighted by molar-refractivity contribution is 0.371. The molecule has 2 aromatic carbocycles. The van der Waals surface area contributed by atoms with Crippen LogP contribution in [0.3, 0.4) is 0 Å². The second-order valence-corrected chi connectivity index (χ2v) is 6.04. The van der Waals surface area contributed by atoms with Crippen molar-refractivity contribution >= 4 is 21.6 Å². The lowest BCUT2D eigenvalue weighted by atomic mass is 10.1. The van der Waals surface area contributed by atoms with E-state index >= 15 is 0 Å². The van der Waals surface area contributed by atoms with Crippen LogP contribution in [0.4, 0.5) is 5.69 Å². The number of anilines is 1. The molecule has 0 saturated carbocycles. The fourth-order valence-corrected chi connectivity index (χ4v) is 2.87. The number of hydrogen-bond acceptors (Lipinski definition) is 6. The summed E-state index contributed by atoms with van der Waals surface area (Å²) in [4.78, 5) is 0. The summed E-state index contributed by atoms with van der Waals surface area (Å²) in [6.45, 7) is 0.471. The first-order valence-corrected chi connectivity index (χ1v) is 8.09. The number of phenols is 1. The summed E-state index contributed by atoms with van der Waals surface area (Å²) in [6.07, 6.45) is 3.18. The molecule has 0 aliphatic rings. The molecule has 1 heterocycles. The molecular formula is C17H14BrN5O2. The number of benzene rings is 2. The Morgan fingerprint density at radius 1 is 1.24 bits per heavy atom. The van der Waals surface area contributed by atoms with E-state index in [9.17, 15) is 5.11 Å². The number of rotatable bonds is 5. The predicted octanol–water partition coefficient (Wildman–Crippen LogP) is 3.10. The molecular weight excluding hydrogens is 386 g/mol. The standard InChI is InChI=1S/C17H14BrN5O2/c1-25-16-7-13(6-15(18)17(16)24)9-23(22-10-20-21-11-22)14-4-2-12(8-19)3-5-14/h2-7,10-11,24H,9H2,1H3. The van der Waals surface area contributed by atoms with Gasteiger partial charge in [0, 0.05) is 0 Å². The topological polar surface area (TPSA) is 87.2 Å². The Kier molecular flexibility index (Phi) is 4.86. The molecule has 0 radical (unpaired) electrons. The third-order valence-corrected chi connectivity index (χ3v) is 4.22. The van der Waals surface area contributed by atoms with E-state index in [1.54, 1.807) is 35.5 Å². The molecule has 3 aromatic rings. The highest BCUT2D eigenvalue weighted by atomic mass is 79.9. The zero-order valence-corrected chi connectivity index (χ0v) is 14.9. The number of aromatic nitrogens is 3. The van der Waals surface area contributed by atoms with Gasteiger partial charge >= 0.3 is 0 Å². The van der Waals surface area contributed by atoms with E-state index in [-0.39, 0.29) is 5.75 Å². The summed E-state index contributed by atoms with van der Waals surface area (Å²) in [5.74, 6) is 0.438. The van der Waals surface area contributed by atoms with Crippen LogP contribution in [-0.4, -0.2) is 27.1 Å². The summed E-state index contributed by atoms with van der Waals surface area (Å²) in [5, 5.41) is 28.6. The van der Waals surface area contributed by atoms with Crippen LogP contribution in [-0.2, 0) is 6.54 Å².